The van der Waals surface area contributed by atoms with Crippen molar-refractivity contribution in [3.05, 3.63) is 62.5 Å². The molecule has 1 unspecified atom stereocenters. The Kier molecular flexibility index (Phi) is 5.83. The quantitative estimate of drug-likeness (QED) is 0.582. The Bertz CT molecular complexity index is 970. The fourth-order valence-electron chi connectivity index (χ4n) is 4.39. The summed E-state index contributed by atoms with van der Waals surface area (Å²) in [5.74, 6) is -0.782. The van der Waals surface area contributed by atoms with Crippen molar-refractivity contribution in [1.29, 1.82) is 0 Å². The molecule has 30 heavy (non-hydrogen) atoms. The van der Waals surface area contributed by atoms with Crippen molar-refractivity contribution in [3.63, 3.8) is 0 Å². The number of likely N-dealkylation sites (N-methyl/N-ethyl adjacent to an activating group) is 1. The molecule has 1 N–H and O–H groups in total. The highest BCUT2D eigenvalue weighted by Gasteiger charge is 2.45. The molecule has 0 spiro atoms. The van der Waals surface area contributed by atoms with Crippen molar-refractivity contribution in [2.75, 3.05) is 13.1 Å². The number of non-ortho nitro benzene ring substituents is 1. The van der Waals surface area contributed by atoms with Crippen LogP contribution in [-0.2, 0) is 9.59 Å². The van der Waals surface area contributed by atoms with E-state index >= 15 is 0 Å². The molecular weight excluding hydrogens is 382 g/mol. The van der Waals surface area contributed by atoms with Gasteiger partial charge in [-0.3, -0.25) is 19.7 Å². The summed E-state index contributed by atoms with van der Waals surface area (Å²) in [7, 11) is 0. The van der Waals surface area contributed by atoms with E-state index in [1.54, 1.807) is 17.0 Å². The second kappa shape index (κ2) is 8.05. The minimum absolute atomic E-state index is 0.00916. The van der Waals surface area contributed by atoms with Crippen LogP contribution in [-0.4, -0.2) is 34.6 Å². The van der Waals surface area contributed by atoms with Crippen LogP contribution in [0, 0.1) is 15.5 Å². The molecule has 7 nitrogen and oxygen atoms in total. The highest BCUT2D eigenvalue weighted by Crippen LogP contribution is 2.47. The number of dihydropyridines is 1. The Hall–Kier alpha value is -2.96. The maximum Gasteiger partial charge on any atom is 0.269 e. The molecule has 0 fully saturated rings. The number of nitrogens with one attached hydrogen (secondary N) is 1. The van der Waals surface area contributed by atoms with Gasteiger partial charge in [0.15, 0.2) is 5.78 Å². The number of carbonyl (C=O) groups excluding carboxylic acids is 2. The lowest BCUT2D eigenvalue weighted by atomic mass is 9.67. The van der Waals surface area contributed by atoms with Crippen LogP contribution in [0.2, 0.25) is 0 Å². The number of nitro groups is 1. The van der Waals surface area contributed by atoms with Crippen LogP contribution < -0.4 is 5.32 Å². The second-order valence-corrected chi connectivity index (χ2v) is 8.53. The first-order chi connectivity index (χ1) is 14.1. The minimum atomic E-state index is -0.624. The molecule has 3 rings (SSSR count). The predicted octanol–water partition coefficient (Wildman–Crippen LogP) is 4.07. The first-order valence-corrected chi connectivity index (χ1v) is 10.4. The summed E-state index contributed by atoms with van der Waals surface area (Å²) in [6, 6.07) is 6.29. The second-order valence-electron chi connectivity index (χ2n) is 8.53. The van der Waals surface area contributed by atoms with Crippen molar-refractivity contribution in [3.8, 4) is 0 Å². The number of nitro benzene ring substituents is 1. The first-order valence-electron chi connectivity index (χ1n) is 10.4. The molecule has 2 aliphatic rings. The predicted molar refractivity (Wildman–Crippen MR) is 115 cm³/mol. The summed E-state index contributed by atoms with van der Waals surface area (Å²) in [4.78, 5) is 39.6. The highest BCUT2D eigenvalue weighted by atomic mass is 16.6. The average molecular weight is 412 g/mol. The zero-order chi connectivity index (χ0) is 22.2. The summed E-state index contributed by atoms with van der Waals surface area (Å²) in [5.41, 5.74) is 2.58. The normalized spacial score (nSPS) is 20.6. The van der Waals surface area contributed by atoms with Gasteiger partial charge in [-0.15, -0.1) is 0 Å². The molecule has 0 radical (unpaired) electrons. The molecule has 7 heteroatoms. The Morgan fingerprint density at radius 3 is 2.57 bits per heavy atom. The van der Waals surface area contributed by atoms with Crippen LogP contribution in [0.3, 0.4) is 0 Å². The van der Waals surface area contributed by atoms with Gasteiger partial charge in [0, 0.05) is 59.1 Å². The summed E-state index contributed by atoms with van der Waals surface area (Å²) in [5, 5.41) is 14.7. The van der Waals surface area contributed by atoms with E-state index in [0.717, 1.165) is 5.70 Å². The van der Waals surface area contributed by atoms with E-state index in [-0.39, 0.29) is 17.4 Å². The molecule has 1 amide bonds. The minimum Gasteiger partial charge on any atom is -0.362 e. The highest BCUT2D eigenvalue weighted by molar-refractivity contribution is 6.07. The van der Waals surface area contributed by atoms with Crippen LogP contribution >= 0.6 is 0 Å². The molecule has 1 atom stereocenters. The van der Waals surface area contributed by atoms with Crippen LogP contribution in [0.15, 0.2) is 46.8 Å². The maximum absolute atomic E-state index is 13.5. The largest absolute Gasteiger partial charge is 0.362 e. The van der Waals surface area contributed by atoms with Crippen molar-refractivity contribution in [1.82, 2.24) is 10.2 Å². The van der Waals surface area contributed by atoms with E-state index in [1.165, 1.54) is 12.1 Å². The van der Waals surface area contributed by atoms with E-state index in [2.05, 4.69) is 5.32 Å². The third kappa shape index (κ3) is 3.64. The molecule has 0 saturated heterocycles. The fraction of sp³-hybridized carbons (Fsp3) is 0.478. The summed E-state index contributed by atoms with van der Waals surface area (Å²) in [6.07, 6.45) is 1.41. The summed E-state index contributed by atoms with van der Waals surface area (Å²) < 4.78 is 0. The standard InChI is InChI=1S/C23H29N3O4/c1-6-25(7-2)22(28)18-14(3)24-17-11-12-23(4,5)21(27)20(17)19(18)15-9-8-10-16(13-15)26(29)30/h8-10,13,19,24H,6-7,11-12H2,1-5H3. The van der Waals surface area contributed by atoms with Gasteiger partial charge in [0.05, 0.1) is 4.92 Å². The lowest BCUT2D eigenvalue weighted by molar-refractivity contribution is -0.384. The van der Waals surface area contributed by atoms with E-state index in [9.17, 15) is 19.7 Å². The lowest BCUT2D eigenvalue weighted by Gasteiger charge is -2.40. The number of ketones is 1. The van der Waals surface area contributed by atoms with Crippen LogP contribution in [0.1, 0.15) is 58.9 Å². The Balaban J connectivity index is 2.24. The van der Waals surface area contributed by atoms with Gasteiger partial charge in [-0.05, 0) is 39.2 Å². The van der Waals surface area contributed by atoms with Gasteiger partial charge in [-0.2, -0.15) is 0 Å². The van der Waals surface area contributed by atoms with Gasteiger partial charge in [0.2, 0.25) is 0 Å². The zero-order valence-corrected chi connectivity index (χ0v) is 18.2. The fourth-order valence-corrected chi connectivity index (χ4v) is 4.39. The number of hydrogen-bond donors (Lipinski definition) is 1. The molecule has 160 valence electrons. The molecule has 1 aliphatic heterocycles. The molecule has 0 saturated carbocycles. The monoisotopic (exact) mass is 411 g/mol. The van der Waals surface area contributed by atoms with Crippen molar-refractivity contribution in [2.45, 2.75) is 53.4 Å². The van der Waals surface area contributed by atoms with Gasteiger partial charge in [0.25, 0.3) is 11.6 Å². The SMILES string of the molecule is CCN(CC)C(=O)C1=C(C)NC2=C(C(=O)C(C)(C)CC2)C1c1cccc([N+](=O)[O-])c1. The zero-order valence-electron chi connectivity index (χ0n) is 18.2. The van der Waals surface area contributed by atoms with Crippen molar-refractivity contribution in [2.24, 2.45) is 5.41 Å². The van der Waals surface area contributed by atoms with E-state index in [0.29, 0.717) is 48.3 Å². The smallest absolute Gasteiger partial charge is 0.269 e. The number of carbonyl (C=O) groups is 2. The van der Waals surface area contributed by atoms with Crippen LogP contribution in [0.5, 0.6) is 0 Å². The number of Topliss-reactive ketones (excluding diaryl/α,β-unsaturated/α-hetero) is 1. The molecular formula is C23H29N3O4. The van der Waals surface area contributed by atoms with E-state index in [1.807, 2.05) is 34.6 Å². The third-order valence-corrected chi connectivity index (χ3v) is 6.20. The number of amides is 1. The van der Waals surface area contributed by atoms with Crippen LogP contribution in [0.4, 0.5) is 5.69 Å². The van der Waals surface area contributed by atoms with Crippen molar-refractivity contribution >= 4 is 17.4 Å². The molecule has 1 aliphatic carbocycles. The average Bonchev–Trinajstić information content (AvgIpc) is 2.71. The summed E-state index contributed by atoms with van der Waals surface area (Å²) >= 11 is 0. The van der Waals surface area contributed by atoms with Crippen LogP contribution in [0.25, 0.3) is 0 Å². The van der Waals surface area contributed by atoms with E-state index < -0.39 is 16.3 Å². The van der Waals surface area contributed by atoms with Crippen molar-refractivity contribution < 1.29 is 14.5 Å². The van der Waals surface area contributed by atoms with Gasteiger partial charge < -0.3 is 10.2 Å². The Morgan fingerprint density at radius 2 is 1.97 bits per heavy atom. The Morgan fingerprint density at radius 1 is 1.30 bits per heavy atom. The van der Waals surface area contributed by atoms with Gasteiger partial charge in [-0.1, -0.05) is 26.0 Å². The lowest BCUT2D eigenvalue weighted by Crippen LogP contribution is -2.43. The molecule has 1 heterocycles. The van der Waals surface area contributed by atoms with E-state index in [4.69, 9.17) is 0 Å². The molecule has 0 aromatic heterocycles. The molecule has 0 bridgehead atoms. The molecule has 1 aromatic rings. The maximum atomic E-state index is 13.5. The summed E-state index contributed by atoms with van der Waals surface area (Å²) in [6.45, 7) is 10.6. The molecule has 1 aromatic carbocycles. The topological polar surface area (TPSA) is 92.6 Å². The number of allylic oxidation sites excluding steroid dienone is 3. The van der Waals surface area contributed by atoms with Gasteiger partial charge in [0.1, 0.15) is 0 Å². The van der Waals surface area contributed by atoms with Gasteiger partial charge >= 0.3 is 0 Å². The number of hydrogen-bond acceptors (Lipinski definition) is 5. The number of nitrogens with zero attached hydrogens (tertiary/aromatic N) is 2. The number of rotatable bonds is 5. The first kappa shape index (κ1) is 21.7. The van der Waals surface area contributed by atoms with Gasteiger partial charge in [-0.25, -0.2) is 0 Å². The number of benzene rings is 1. The third-order valence-electron chi connectivity index (χ3n) is 6.20. The Labute approximate surface area is 177 Å².